The van der Waals surface area contributed by atoms with E-state index >= 15 is 0 Å². The Kier molecular flexibility index (Phi) is 3.99. The second-order valence-corrected chi connectivity index (χ2v) is 4.07. The highest BCUT2D eigenvalue weighted by Crippen LogP contribution is 2.16. The molecule has 2 amide bonds. The molecule has 0 aliphatic heterocycles. The Hall–Kier alpha value is -2.83. The van der Waals surface area contributed by atoms with Crippen molar-refractivity contribution < 1.29 is 18.8 Å². The lowest BCUT2D eigenvalue weighted by atomic mass is 10.3. The highest BCUT2D eigenvalue weighted by Gasteiger charge is 2.11. The van der Waals surface area contributed by atoms with E-state index in [1.54, 1.807) is 37.3 Å². The van der Waals surface area contributed by atoms with Crippen LogP contribution in [0.2, 0.25) is 0 Å². The van der Waals surface area contributed by atoms with Gasteiger partial charge in [-0.25, -0.2) is 0 Å². The number of aromatic nitrogens is 1. The van der Waals surface area contributed by atoms with Gasteiger partial charge in [0, 0.05) is 11.8 Å². The summed E-state index contributed by atoms with van der Waals surface area (Å²) in [6, 6.07) is 8.04. The average molecular weight is 275 g/mol. The van der Waals surface area contributed by atoms with Crippen LogP contribution in [0.1, 0.15) is 16.2 Å². The van der Waals surface area contributed by atoms with E-state index in [-0.39, 0.29) is 12.4 Å². The fraction of sp³-hybridized carbons (Fsp3) is 0.154. The van der Waals surface area contributed by atoms with Crippen molar-refractivity contribution in [3.05, 3.63) is 41.8 Å². The highest BCUT2D eigenvalue weighted by atomic mass is 16.5. The minimum atomic E-state index is -0.553. The molecule has 104 valence electrons. The number of ether oxygens (including phenoxy) is 1. The molecule has 7 heteroatoms. The van der Waals surface area contributed by atoms with Crippen molar-refractivity contribution in [1.82, 2.24) is 5.16 Å². The predicted molar refractivity (Wildman–Crippen MR) is 70.3 cm³/mol. The number of nitrogens with two attached hydrogens (primary N) is 1. The van der Waals surface area contributed by atoms with Gasteiger partial charge in [-0.05, 0) is 31.2 Å². The van der Waals surface area contributed by atoms with E-state index in [1.165, 1.54) is 0 Å². The number of aryl methyl sites for hydroxylation is 1. The molecule has 1 aromatic heterocycles. The minimum absolute atomic E-state index is 0.136. The molecule has 2 rings (SSSR count). The van der Waals surface area contributed by atoms with Crippen molar-refractivity contribution in [2.45, 2.75) is 6.92 Å². The summed E-state index contributed by atoms with van der Waals surface area (Å²) in [5.41, 5.74) is 6.16. The summed E-state index contributed by atoms with van der Waals surface area (Å²) in [5.74, 6) is -0.326. The number of amides is 2. The van der Waals surface area contributed by atoms with Gasteiger partial charge in [0.05, 0.1) is 5.69 Å². The van der Waals surface area contributed by atoms with Crippen LogP contribution in [0.3, 0.4) is 0 Å². The van der Waals surface area contributed by atoms with Gasteiger partial charge in [0.15, 0.2) is 6.61 Å². The first-order valence-corrected chi connectivity index (χ1v) is 5.80. The summed E-state index contributed by atoms with van der Waals surface area (Å²) in [4.78, 5) is 22.4. The van der Waals surface area contributed by atoms with Gasteiger partial charge in [-0.1, -0.05) is 5.16 Å². The monoisotopic (exact) mass is 275 g/mol. The zero-order chi connectivity index (χ0) is 14.5. The smallest absolute Gasteiger partial charge is 0.294 e. The molecule has 2 aromatic rings. The second-order valence-electron chi connectivity index (χ2n) is 4.07. The normalized spacial score (nSPS) is 10.1. The quantitative estimate of drug-likeness (QED) is 0.849. The molecule has 1 heterocycles. The van der Waals surface area contributed by atoms with Crippen molar-refractivity contribution in [3.63, 3.8) is 0 Å². The van der Waals surface area contributed by atoms with E-state index in [9.17, 15) is 9.59 Å². The summed E-state index contributed by atoms with van der Waals surface area (Å²) >= 11 is 0. The molecule has 0 bridgehead atoms. The van der Waals surface area contributed by atoms with Crippen LogP contribution >= 0.6 is 0 Å². The molecule has 0 atom stereocenters. The van der Waals surface area contributed by atoms with Crippen LogP contribution in [-0.2, 0) is 4.79 Å². The number of carbonyl (C=O) groups is 2. The standard InChI is InChI=1S/C13H13N3O4/c1-8-6-11(20-16-8)13(18)15-9-2-4-10(5-3-9)19-7-12(14)17/h2-6H,7H2,1H3,(H2,14,17)(H,15,18). The largest absolute Gasteiger partial charge is 0.484 e. The Morgan fingerprint density at radius 2 is 2.05 bits per heavy atom. The molecule has 0 saturated carbocycles. The van der Waals surface area contributed by atoms with Gasteiger partial charge in [-0.2, -0.15) is 0 Å². The molecule has 0 radical (unpaired) electrons. The van der Waals surface area contributed by atoms with Gasteiger partial charge < -0.3 is 20.3 Å². The Morgan fingerprint density at radius 1 is 1.35 bits per heavy atom. The Bertz CT molecular complexity index is 619. The molecular formula is C13H13N3O4. The number of hydrogen-bond acceptors (Lipinski definition) is 5. The lowest BCUT2D eigenvalue weighted by Gasteiger charge is -2.06. The zero-order valence-corrected chi connectivity index (χ0v) is 10.8. The number of benzene rings is 1. The van der Waals surface area contributed by atoms with Crippen LogP contribution in [0.5, 0.6) is 5.75 Å². The fourth-order valence-electron chi connectivity index (χ4n) is 1.45. The van der Waals surface area contributed by atoms with E-state index in [4.69, 9.17) is 15.0 Å². The third-order valence-electron chi connectivity index (χ3n) is 2.35. The Morgan fingerprint density at radius 3 is 2.60 bits per heavy atom. The van der Waals surface area contributed by atoms with Crippen LogP contribution in [-0.4, -0.2) is 23.6 Å². The van der Waals surface area contributed by atoms with E-state index in [2.05, 4.69) is 10.5 Å². The van der Waals surface area contributed by atoms with Gasteiger partial charge >= 0.3 is 0 Å². The van der Waals surface area contributed by atoms with Gasteiger partial charge in [-0.3, -0.25) is 9.59 Å². The molecule has 0 saturated heterocycles. The molecule has 7 nitrogen and oxygen atoms in total. The number of primary amides is 1. The van der Waals surface area contributed by atoms with E-state index in [1.807, 2.05) is 0 Å². The Labute approximate surface area is 114 Å². The number of rotatable bonds is 5. The maximum absolute atomic E-state index is 11.8. The molecule has 0 spiro atoms. The number of anilines is 1. The summed E-state index contributed by atoms with van der Waals surface area (Å²) in [6.07, 6.45) is 0. The van der Waals surface area contributed by atoms with Crippen molar-refractivity contribution in [3.8, 4) is 5.75 Å². The maximum atomic E-state index is 11.8. The second kappa shape index (κ2) is 5.87. The molecular weight excluding hydrogens is 262 g/mol. The number of hydrogen-bond donors (Lipinski definition) is 2. The third kappa shape index (κ3) is 3.58. The number of nitrogens with one attached hydrogen (secondary N) is 1. The lowest BCUT2D eigenvalue weighted by Crippen LogP contribution is -2.20. The highest BCUT2D eigenvalue weighted by molar-refractivity contribution is 6.02. The van der Waals surface area contributed by atoms with E-state index in [0.29, 0.717) is 17.1 Å². The van der Waals surface area contributed by atoms with Crippen molar-refractivity contribution in [2.24, 2.45) is 5.73 Å². The molecule has 0 unspecified atom stereocenters. The SMILES string of the molecule is Cc1cc(C(=O)Nc2ccc(OCC(N)=O)cc2)on1. The first-order valence-electron chi connectivity index (χ1n) is 5.80. The number of nitrogens with zero attached hydrogens (tertiary/aromatic N) is 1. The van der Waals surface area contributed by atoms with E-state index in [0.717, 1.165) is 0 Å². The Balaban J connectivity index is 1.96. The molecule has 3 N–H and O–H groups in total. The summed E-state index contributed by atoms with van der Waals surface area (Å²) in [7, 11) is 0. The molecule has 0 fully saturated rings. The average Bonchev–Trinajstić information content (AvgIpc) is 2.85. The molecule has 20 heavy (non-hydrogen) atoms. The zero-order valence-electron chi connectivity index (χ0n) is 10.8. The van der Waals surface area contributed by atoms with Crippen molar-refractivity contribution in [2.75, 3.05) is 11.9 Å². The first-order chi connectivity index (χ1) is 9.54. The summed E-state index contributed by atoms with van der Waals surface area (Å²) < 4.78 is 9.95. The van der Waals surface area contributed by atoms with Gasteiger partial charge in [0.2, 0.25) is 5.76 Å². The van der Waals surface area contributed by atoms with Crippen LogP contribution in [0.4, 0.5) is 5.69 Å². The third-order valence-corrected chi connectivity index (χ3v) is 2.35. The minimum Gasteiger partial charge on any atom is -0.484 e. The van der Waals surface area contributed by atoms with Gasteiger partial charge in [-0.15, -0.1) is 0 Å². The van der Waals surface area contributed by atoms with Gasteiger partial charge in [0.1, 0.15) is 5.75 Å². The molecule has 0 aliphatic rings. The van der Waals surface area contributed by atoms with Crippen LogP contribution in [0.15, 0.2) is 34.9 Å². The van der Waals surface area contributed by atoms with Crippen molar-refractivity contribution in [1.29, 1.82) is 0 Å². The van der Waals surface area contributed by atoms with Crippen LogP contribution in [0, 0.1) is 6.92 Å². The topological polar surface area (TPSA) is 107 Å². The molecule has 1 aromatic carbocycles. The van der Waals surface area contributed by atoms with Crippen LogP contribution in [0.25, 0.3) is 0 Å². The lowest BCUT2D eigenvalue weighted by molar-refractivity contribution is -0.119. The summed E-state index contributed by atoms with van der Waals surface area (Å²) in [6.45, 7) is 1.54. The number of carbonyl (C=O) groups excluding carboxylic acids is 2. The first kappa shape index (κ1) is 13.6. The molecule has 0 aliphatic carbocycles. The van der Waals surface area contributed by atoms with Gasteiger partial charge in [0.25, 0.3) is 11.8 Å². The van der Waals surface area contributed by atoms with Crippen LogP contribution < -0.4 is 15.8 Å². The predicted octanol–water partition coefficient (Wildman–Crippen LogP) is 1.10. The summed E-state index contributed by atoms with van der Waals surface area (Å²) in [5, 5.41) is 6.28. The van der Waals surface area contributed by atoms with Crippen molar-refractivity contribution >= 4 is 17.5 Å². The maximum Gasteiger partial charge on any atom is 0.294 e. The van der Waals surface area contributed by atoms with E-state index < -0.39 is 11.8 Å². The fourth-order valence-corrected chi connectivity index (χ4v) is 1.45.